The van der Waals surface area contributed by atoms with E-state index in [0.717, 1.165) is 18.4 Å². The summed E-state index contributed by atoms with van der Waals surface area (Å²) in [5.41, 5.74) is 12.7. The number of hydrogen-bond donors (Lipinski definition) is 2. The van der Waals surface area contributed by atoms with E-state index in [0.29, 0.717) is 6.54 Å². The molecule has 0 aromatic heterocycles. The summed E-state index contributed by atoms with van der Waals surface area (Å²) in [5.74, 6) is 0. The molecule has 1 rings (SSSR count). The van der Waals surface area contributed by atoms with Crippen LogP contribution in [0.1, 0.15) is 25.3 Å². The third-order valence-electron chi connectivity index (χ3n) is 2.41. The molecular formula is C11H18N2. The molecule has 0 bridgehead atoms. The van der Waals surface area contributed by atoms with Gasteiger partial charge in [-0.05, 0) is 12.0 Å². The molecule has 2 nitrogen and oxygen atoms in total. The van der Waals surface area contributed by atoms with Crippen molar-refractivity contribution in [1.29, 1.82) is 0 Å². The zero-order valence-electron chi connectivity index (χ0n) is 8.16. The summed E-state index contributed by atoms with van der Waals surface area (Å²) in [6, 6.07) is 10.1. The quantitative estimate of drug-likeness (QED) is 0.735. The monoisotopic (exact) mass is 178 g/mol. The minimum absolute atomic E-state index is 0.337. The van der Waals surface area contributed by atoms with Crippen molar-refractivity contribution in [3.05, 3.63) is 35.9 Å². The summed E-state index contributed by atoms with van der Waals surface area (Å²) in [6.07, 6.45) is 2.00. The van der Waals surface area contributed by atoms with Gasteiger partial charge in [0.15, 0.2) is 0 Å². The molecule has 1 unspecified atom stereocenters. The van der Waals surface area contributed by atoms with E-state index in [1.54, 1.807) is 0 Å². The third-order valence-corrected chi connectivity index (χ3v) is 2.41. The van der Waals surface area contributed by atoms with Crippen LogP contribution < -0.4 is 11.5 Å². The van der Waals surface area contributed by atoms with E-state index in [4.69, 9.17) is 11.5 Å². The Kier molecular flexibility index (Phi) is 3.46. The summed E-state index contributed by atoms with van der Waals surface area (Å²) in [6.45, 7) is 2.63. The highest BCUT2D eigenvalue weighted by Crippen LogP contribution is 2.21. The Morgan fingerprint density at radius 2 is 1.85 bits per heavy atom. The second-order valence-electron chi connectivity index (χ2n) is 3.48. The van der Waals surface area contributed by atoms with Gasteiger partial charge < -0.3 is 11.5 Å². The van der Waals surface area contributed by atoms with E-state index in [2.05, 4.69) is 6.92 Å². The lowest BCUT2D eigenvalue weighted by Gasteiger charge is -2.28. The Hall–Kier alpha value is -0.860. The van der Waals surface area contributed by atoms with Crippen molar-refractivity contribution in [2.75, 3.05) is 6.54 Å². The van der Waals surface area contributed by atoms with Gasteiger partial charge in [0, 0.05) is 6.54 Å². The fraction of sp³-hybridized carbons (Fsp3) is 0.455. The summed E-state index contributed by atoms with van der Waals surface area (Å²) in [4.78, 5) is 0. The van der Waals surface area contributed by atoms with Crippen molar-refractivity contribution in [3.63, 3.8) is 0 Å². The van der Waals surface area contributed by atoms with E-state index >= 15 is 0 Å². The van der Waals surface area contributed by atoms with Gasteiger partial charge in [-0.2, -0.15) is 0 Å². The van der Waals surface area contributed by atoms with E-state index in [9.17, 15) is 0 Å². The predicted octanol–water partition coefficient (Wildman–Crippen LogP) is 1.60. The molecule has 0 aliphatic heterocycles. The molecule has 0 amide bonds. The Labute approximate surface area is 79.9 Å². The second kappa shape index (κ2) is 4.40. The Balaban J connectivity index is 2.89. The molecule has 1 atom stereocenters. The molecule has 1 aromatic rings. The largest absolute Gasteiger partial charge is 0.328 e. The lowest BCUT2D eigenvalue weighted by molar-refractivity contribution is 0.415. The van der Waals surface area contributed by atoms with Crippen LogP contribution in [0, 0.1) is 0 Å². The van der Waals surface area contributed by atoms with Gasteiger partial charge in [0.1, 0.15) is 0 Å². The highest BCUT2D eigenvalue weighted by molar-refractivity contribution is 5.24. The van der Waals surface area contributed by atoms with E-state index in [-0.39, 0.29) is 5.54 Å². The van der Waals surface area contributed by atoms with Gasteiger partial charge >= 0.3 is 0 Å². The van der Waals surface area contributed by atoms with Crippen LogP contribution in [0.4, 0.5) is 0 Å². The topological polar surface area (TPSA) is 52.0 Å². The molecule has 13 heavy (non-hydrogen) atoms. The highest BCUT2D eigenvalue weighted by atomic mass is 14.8. The van der Waals surface area contributed by atoms with Crippen molar-refractivity contribution in [1.82, 2.24) is 0 Å². The Morgan fingerprint density at radius 1 is 1.23 bits per heavy atom. The van der Waals surface area contributed by atoms with Crippen LogP contribution in [-0.2, 0) is 5.54 Å². The molecule has 0 spiro atoms. The van der Waals surface area contributed by atoms with Crippen molar-refractivity contribution in [2.45, 2.75) is 25.3 Å². The number of hydrogen-bond acceptors (Lipinski definition) is 2. The third kappa shape index (κ3) is 2.29. The molecular weight excluding hydrogens is 160 g/mol. The molecule has 72 valence electrons. The number of rotatable bonds is 4. The number of nitrogens with two attached hydrogens (primary N) is 2. The zero-order valence-corrected chi connectivity index (χ0v) is 8.16. The Morgan fingerprint density at radius 3 is 2.31 bits per heavy atom. The minimum Gasteiger partial charge on any atom is -0.328 e. The lowest BCUT2D eigenvalue weighted by atomic mass is 9.87. The average Bonchev–Trinajstić information content (AvgIpc) is 2.19. The van der Waals surface area contributed by atoms with Crippen LogP contribution in [-0.4, -0.2) is 6.54 Å². The minimum atomic E-state index is -0.337. The first-order chi connectivity index (χ1) is 6.23. The summed E-state index contributed by atoms with van der Waals surface area (Å²) in [7, 11) is 0. The van der Waals surface area contributed by atoms with Crippen LogP contribution >= 0.6 is 0 Å². The van der Waals surface area contributed by atoms with Crippen LogP contribution in [0.25, 0.3) is 0 Å². The normalized spacial score (nSPS) is 15.3. The fourth-order valence-corrected chi connectivity index (χ4v) is 1.58. The first-order valence-corrected chi connectivity index (χ1v) is 4.77. The van der Waals surface area contributed by atoms with Crippen molar-refractivity contribution in [2.24, 2.45) is 11.5 Å². The number of benzene rings is 1. The molecule has 2 heteroatoms. The maximum atomic E-state index is 6.20. The van der Waals surface area contributed by atoms with Gasteiger partial charge in [0.25, 0.3) is 0 Å². The van der Waals surface area contributed by atoms with Crippen molar-refractivity contribution in [3.8, 4) is 0 Å². The molecule has 0 saturated heterocycles. The van der Waals surface area contributed by atoms with Crippen LogP contribution in [0.5, 0.6) is 0 Å². The summed E-state index contributed by atoms with van der Waals surface area (Å²) >= 11 is 0. The SMILES string of the molecule is CCCC(N)(CN)c1ccccc1. The maximum absolute atomic E-state index is 6.20. The van der Waals surface area contributed by atoms with Gasteiger partial charge in [0.05, 0.1) is 5.54 Å². The van der Waals surface area contributed by atoms with E-state index in [1.165, 1.54) is 0 Å². The van der Waals surface area contributed by atoms with Crippen LogP contribution in [0.3, 0.4) is 0 Å². The molecule has 0 saturated carbocycles. The molecule has 1 aromatic carbocycles. The molecule has 0 aliphatic carbocycles. The van der Waals surface area contributed by atoms with E-state index in [1.807, 2.05) is 30.3 Å². The smallest absolute Gasteiger partial charge is 0.0533 e. The first kappa shape index (κ1) is 10.2. The second-order valence-corrected chi connectivity index (χ2v) is 3.48. The van der Waals surface area contributed by atoms with E-state index < -0.39 is 0 Å². The molecule has 0 fully saturated rings. The van der Waals surface area contributed by atoms with Crippen molar-refractivity contribution >= 4 is 0 Å². The average molecular weight is 178 g/mol. The molecule has 0 radical (unpaired) electrons. The first-order valence-electron chi connectivity index (χ1n) is 4.77. The molecule has 0 heterocycles. The van der Waals surface area contributed by atoms with Gasteiger partial charge in [-0.1, -0.05) is 43.7 Å². The van der Waals surface area contributed by atoms with Gasteiger partial charge in [-0.25, -0.2) is 0 Å². The Bertz CT molecular complexity index is 246. The predicted molar refractivity (Wildman–Crippen MR) is 56.3 cm³/mol. The molecule has 4 N–H and O–H groups in total. The zero-order chi connectivity index (χ0) is 9.73. The standard InChI is InChI=1S/C11H18N2/c1-2-8-11(13,9-12)10-6-4-3-5-7-10/h3-7H,2,8-9,12-13H2,1H3. The van der Waals surface area contributed by atoms with Gasteiger partial charge in [0.2, 0.25) is 0 Å². The highest BCUT2D eigenvalue weighted by Gasteiger charge is 2.23. The summed E-state index contributed by atoms with van der Waals surface area (Å²) < 4.78 is 0. The summed E-state index contributed by atoms with van der Waals surface area (Å²) in [5, 5.41) is 0. The fourth-order valence-electron chi connectivity index (χ4n) is 1.58. The van der Waals surface area contributed by atoms with Crippen molar-refractivity contribution < 1.29 is 0 Å². The van der Waals surface area contributed by atoms with Gasteiger partial charge in [-0.3, -0.25) is 0 Å². The van der Waals surface area contributed by atoms with Crippen LogP contribution in [0.2, 0.25) is 0 Å². The molecule has 0 aliphatic rings. The maximum Gasteiger partial charge on any atom is 0.0533 e. The van der Waals surface area contributed by atoms with Crippen LogP contribution in [0.15, 0.2) is 30.3 Å². The van der Waals surface area contributed by atoms with Gasteiger partial charge in [-0.15, -0.1) is 0 Å². The lowest BCUT2D eigenvalue weighted by Crippen LogP contribution is -2.43.